The molecule has 0 aliphatic carbocycles. The number of piperazine rings is 1. The quantitative estimate of drug-likeness (QED) is 0.317. The maximum atomic E-state index is 6.26. The number of hydrogen-bond donors (Lipinski definition) is 0. The van der Waals surface area contributed by atoms with E-state index in [2.05, 4.69) is 45.7 Å². The highest BCUT2D eigenvalue weighted by Gasteiger charge is 2.23. The van der Waals surface area contributed by atoms with E-state index in [1.807, 2.05) is 35.0 Å². The Morgan fingerprint density at radius 2 is 1.57 bits per heavy atom. The van der Waals surface area contributed by atoms with Crippen LogP contribution in [0, 0.1) is 13.8 Å². The Morgan fingerprint density at radius 3 is 2.29 bits per heavy atom. The van der Waals surface area contributed by atoms with Crippen molar-refractivity contribution in [2.75, 3.05) is 31.1 Å². The number of anilines is 1. The first-order valence-electron chi connectivity index (χ1n) is 11.4. The highest BCUT2D eigenvalue weighted by Crippen LogP contribution is 2.32. The summed E-state index contributed by atoms with van der Waals surface area (Å²) in [7, 11) is 0. The molecular weight excluding hydrogens is 503 g/mol. The second kappa shape index (κ2) is 11.0. The Balaban J connectivity index is 0.00000289. The lowest BCUT2D eigenvalue weighted by atomic mass is 10.1. The van der Waals surface area contributed by atoms with Crippen LogP contribution in [0.4, 0.5) is 5.82 Å². The molecule has 3 heterocycles. The van der Waals surface area contributed by atoms with Gasteiger partial charge in [-0.25, -0.2) is 9.67 Å². The molecule has 4 aromatic rings. The molecule has 0 N–H and O–H groups in total. The van der Waals surface area contributed by atoms with Gasteiger partial charge in [0, 0.05) is 61.9 Å². The fourth-order valence-corrected chi connectivity index (χ4v) is 4.77. The van der Waals surface area contributed by atoms with Gasteiger partial charge in [-0.1, -0.05) is 47.5 Å². The predicted molar refractivity (Wildman–Crippen MR) is 145 cm³/mol. The van der Waals surface area contributed by atoms with Crippen LogP contribution in [0.2, 0.25) is 10.0 Å². The second-order valence-electron chi connectivity index (χ2n) is 8.52. The highest BCUT2D eigenvalue weighted by molar-refractivity contribution is 6.42. The average Bonchev–Trinajstić information content (AvgIpc) is 3.15. The molecule has 2 aromatic heterocycles. The SMILES string of the molecule is Cc1nn(-c2ccccc2)c(C)c1CN1CCN(c2nccnc2-c2ccc(Cl)c(Cl)c2)CC1.Cl. The van der Waals surface area contributed by atoms with Crippen LogP contribution in [-0.4, -0.2) is 50.8 Å². The molecule has 1 aliphatic heterocycles. The van der Waals surface area contributed by atoms with Gasteiger partial charge in [0.25, 0.3) is 0 Å². The first kappa shape index (κ1) is 25.5. The van der Waals surface area contributed by atoms with Gasteiger partial charge in [0.1, 0.15) is 5.69 Å². The molecule has 182 valence electrons. The molecule has 1 saturated heterocycles. The second-order valence-corrected chi connectivity index (χ2v) is 9.33. The van der Waals surface area contributed by atoms with E-state index in [9.17, 15) is 0 Å². The van der Waals surface area contributed by atoms with Crippen LogP contribution < -0.4 is 4.90 Å². The van der Waals surface area contributed by atoms with Gasteiger partial charge in [0.15, 0.2) is 5.82 Å². The summed E-state index contributed by atoms with van der Waals surface area (Å²) < 4.78 is 2.05. The van der Waals surface area contributed by atoms with Gasteiger partial charge in [-0.3, -0.25) is 9.88 Å². The Kier molecular flexibility index (Phi) is 7.97. The molecule has 5 rings (SSSR count). The topological polar surface area (TPSA) is 50.1 Å². The maximum absolute atomic E-state index is 6.26. The molecule has 6 nitrogen and oxygen atoms in total. The molecular formula is C26H27Cl3N6. The molecule has 1 aliphatic rings. The lowest BCUT2D eigenvalue weighted by Crippen LogP contribution is -2.46. The van der Waals surface area contributed by atoms with E-state index in [-0.39, 0.29) is 12.4 Å². The number of para-hydroxylation sites is 1. The monoisotopic (exact) mass is 528 g/mol. The zero-order valence-electron chi connectivity index (χ0n) is 19.7. The van der Waals surface area contributed by atoms with E-state index >= 15 is 0 Å². The van der Waals surface area contributed by atoms with Gasteiger partial charge in [0.05, 0.1) is 21.4 Å². The van der Waals surface area contributed by atoms with E-state index in [1.165, 1.54) is 11.3 Å². The Morgan fingerprint density at radius 1 is 0.857 bits per heavy atom. The van der Waals surface area contributed by atoms with Crippen molar-refractivity contribution in [3.8, 4) is 16.9 Å². The molecule has 0 unspecified atom stereocenters. The minimum absolute atomic E-state index is 0. The molecule has 0 bridgehead atoms. The van der Waals surface area contributed by atoms with E-state index in [1.54, 1.807) is 18.5 Å². The number of nitrogens with zero attached hydrogens (tertiary/aromatic N) is 6. The molecule has 9 heteroatoms. The predicted octanol–water partition coefficient (Wildman–Crippen LogP) is 6.00. The number of rotatable bonds is 5. The Labute approximate surface area is 221 Å². The van der Waals surface area contributed by atoms with Crippen LogP contribution in [0.5, 0.6) is 0 Å². The third-order valence-corrected chi connectivity index (χ3v) is 7.11. The van der Waals surface area contributed by atoms with Crippen LogP contribution in [0.25, 0.3) is 16.9 Å². The van der Waals surface area contributed by atoms with Crippen molar-refractivity contribution >= 4 is 41.4 Å². The van der Waals surface area contributed by atoms with Crippen LogP contribution >= 0.6 is 35.6 Å². The third-order valence-electron chi connectivity index (χ3n) is 6.37. The van der Waals surface area contributed by atoms with Crippen molar-refractivity contribution in [3.05, 3.63) is 87.9 Å². The Hall–Kier alpha value is -2.64. The number of halogens is 3. The summed E-state index contributed by atoms with van der Waals surface area (Å²) in [6.45, 7) is 8.76. The van der Waals surface area contributed by atoms with Gasteiger partial charge in [-0.05, 0) is 38.1 Å². The lowest BCUT2D eigenvalue weighted by Gasteiger charge is -2.36. The largest absolute Gasteiger partial charge is 0.352 e. The van der Waals surface area contributed by atoms with Crippen molar-refractivity contribution < 1.29 is 0 Å². The minimum atomic E-state index is 0. The molecule has 0 radical (unpaired) electrons. The highest BCUT2D eigenvalue weighted by atomic mass is 35.5. The van der Waals surface area contributed by atoms with Gasteiger partial charge in [0.2, 0.25) is 0 Å². The van der Waals surface area contributed by atoms with Crippen molar-refractivity contribution in [1.29, 1.82) is 0 Å². The zero-order valence-corrected chi connectivity index (χ0v) is 22.0. The van der Waals surface area contributed by atoms with E-state index in [0.717, 1.165) is 61.2 Å². The van der Waals surface area contributed by atoms with Crippen LogP contribution in [0.1, 0.15) is 17.0 Å². The van der Waals surface area contributed by atoms with Gasteiger partial charge >= 0.3 is 0 Å². The lowest BCUT2D eigenvalue weighted by molar-refractivity contribution is 0.248. The molecule has 0 saturated carbocycles. The maximum Gasteiger partial charge on any atom is 0.155 e. The van der Waals surface area contributed by atoms with E-state index in [0.29, 0.717) is 10.0 Å². The first-order chi connectivity index (χ1) is 16.5. The van der Waals surface area contributed by atoms with Crippen LogP contribution in [0.3, 0.4) is 0 Å². The smallest absolute Gasteiger partial charge is 0.155 e. The zero-order chi connectivity index (χ0) is 23.7. The van der Waals surface area contributed by atoms with E-state index in [4.69, 9.17) is 28.3 Å². The molecule has 0 amide bonds. The summed E-state index contributed by atoms with van der Waals surface area (Å²) >= 11 is 12.4. The van der Waals surface area contributed by atoms with Crippen molar-refractivity contribution in [1.82, 2.24) is 24.6 Å². The summed E-state index contributed by atoms with van der Waals surface area (Å²) in [5, 5.41) is 5.86. The summed E-state index contributed by atoms with van der Waals surface area (Å²) in [6, 6.07) is 15.9. The minimum Gasteiger partial charge on any atom is -0.352 e. The van der Waals surface area contributed by atoms with Crippen LogP contribution in [-0.2, 0) is 6.54 Å². The standard InChI is InChI=1S/C26H26Cl2N6.ClH/c1-18-22(19(2)34(31-18)21-6-4-3-5-7-21)17-32-12-14-33(15-13-32)26-25(29-10-11-30-26)20-8-9-23(27)24(28)16-20;/h3-11,16H,12-15,17H2,1-2H3;1H. The van der Waals surface area contributed by atoms with Crippen LogP contribution in [0.15, 0.2) is 60.9 Å². The molecule has 35 heavy (non-hydrogen) atoms. The molecule has 1 fully saturated rings. The number of aromatic nitrogens is 4. The summed E-state index contributed by atoms with van der Waals surface area (Å²) in [5.41, 5.74) is 6.41. The van der Waals surface area contributed by atoms with Crippen molar-refractivity contribution in [2.24, 2.45) is 0 Å². The van der Waals surface area contributed by atoms with Crippen molar-refractivity contribution in [2.45, 2.75) is 20.4 Å². The number of benzene rings is 2. The van der Waals surface area contributed by atoms with Crippen molar-refractivity contribution in [3.63, 3.8) is 0 Å². The normalized spacial score (nSPS) is 14.1. The average molecular weight is 530 g/mol. The van der Waals surface area contributed by atoms with E-state index < -0.39 is 0 Å². The number of aryl methyl sites for hydroxylation is 1. The number of hydrogen-bond acceptors (Lipinski definition) is 5. The molecule has 2 aromatic carbocycles. The first-order valence-corrected chi connectivity index (χ1v) is 12.1. The molecule has 0 spiro atoms. The van der Waals surface area contributed by atoms with Gasteiger partial charge in [-0.15, -0.1) is 12.4 Å². The Bertz CT molecular complexity index is 1300. The summed E-state index contributed by atoms with van der Waals surface area (Å²) in [5.74, 6) is 0.879. The summed E-state index contributed by atoms with van der Waals surface area (Å²) in [6.07, 6.45) is 3.46. The molecule has 0 atom stereocenters. The fourth-order valence-electron chi connectivity index (χ4n) is 4.47. The van der Waals surface area contributed by atoms with Gasteiger partial charge in [-0.2, -0.15) is 5.10 Å². The van der Waals surface area contributed by atoms with Gasteiger partial charge < -0.3 is 4.90 Å². The third kappa shape index (κ3) is 5.31. The fraction of sp³-hybridized carbons (Fsp3) is 0.269. The summed E-state index contributed by atoms with van der Waals surface area (Å²) in [4.78, 5) is 14.1.